The fraction of sp³-hybridized carbons (Fsp3) is 0.417. The van der Waals surface area contributed by atoms with Crippen LogP contribution in [0.4, 0.5) is 5.95 Å². The number of hydrogen-bond donors (Lipinski definition) is 0. The minimum absolute atomic E-state index is 0.0866. The molecule has 0 N–H and O–H groups in total. The summed E-state index contributed by atoms with van der Waals surface area (Å²) in [6.07, 6.45) is 3.34. The van der Waals surface area contributed by atoms with Crippen molar-refractivity contribution in [2.45, 2.75) is 13.3 Å². The molecule has 0 fully saturated rings. The summed E-state index contributed by atoms with van der Waals surface area (Å²) in [6.45, 7) is 2.14. The third kappa shape index (κ3) is 4.51. The zero-order chi connectivity index (χ0) is 12.7. The van der Waals surface area contributed by atoms with E-state index in [0.717, 1.165) is 0 Å². The monoisotopic (exact) mass is 233 g/mol. The summed E-state index contributed by atoms with van der Waals surface area (Å²) in [5.41, 5.74) is 0.680. The molecule has 0 radical (unpaired) electrons. The van der Waals surface area contributed by atoms with Crippen LogP contribution in [0, 0.1) is 11.8 Å². The van der Waals surface area contributed by atoms with Crippen molar-refractivity contribution in [3.05, 3.63) is 18.0 Å². The number of hydrogen-bond acceptors (Lipinski definition) is 5. The summed E-state index contributed by atoms with van der Waals surface area (Å²) < 4.78 is 4.75. The van der Waals surface area contributed by atoms with Gasteiger partial charge in [0.05, 0.1) is 12.2 Å². The first kappa shape index (κ1) is 13.0. The Labute approximate surface area is 101 Å². The average Bonchev–Trinajstić information content (AvgIpc) is 2.30. The topological polar surface area (TPSA) is 55.3 Å². The van der Waals surface area contributed by atoms with Crippen LogP contribution in [0.1, 0.15) is 18.9 Å². The van der Waals surface area contributed by atoms with Crippen LogP contribution >= 0.6 is 0 Å². The van der Waals surface area contributed by atoms with Gasteiger partial charge in [-0.1, -0.05) is 11.8 Å². The van der Waals surface area contributed by atoms with Crippen molar-refractivity contribution < 1.29 is 9.53 Å². The van der Waals surface area contributed by atoms with E-state index in [-0.39, 0.29) is 12.4 Å². The molecule has 0 aromatic carbocycles. The van der Waals surface area contributed by atoms with Crippen LogP contribution in [0.15, 0.2) is 12.4 Å². The Kier molecular flexibility index (Phi) is 4.95. The molecule has 1 rings (SSSR count). The van der Waals surface area contributed by atoms with Gasteiger partial charge in [0, 0.05) is 26.5 Å². The second-order valence-corrected chi connectivity index (χ2v) is 3.45. The number of anilines is 1. The van der Waals surface area contributed by atoms with Gasteiger partial charge in [-0.25, -0.2) is 9.97 Å². The number of carbonyl (C=O) groups is 1. The minimum Gasteiger partial charge on any atom is -0.465 e. The maximum absolute atomic E-state index is 11.0. The lowest BCUT2D eigenvalue weighted by Crippen LogP contribution is -2.12. The van der Waals surface area contributed by atoms with E-state index in [1.165, 1.54) is 0 Å². The lowest BCUT2D eigenvalue weighted by atomic mass is 10.3. The van der Waals surface area contributed by atoms with Gasteiger partial charge in [0.15, 0.2) is 0 Å². The first-order valence-electron chi connectivity index (χ1n) is 5.27. The molecule has 17 heavy (non-hydrogen) atoms. The van der Waals surface area contributed by atoms with Crippen molar-refractivity contribution in [1.82, 2.24) is 9.97 Å². The van der Waals surface area contributed by atoms with Crippen LogP contribution in [-0.4, -0.2) is 36.6 Å². The summed E-state index contributed by atoms with van der Waals surface area (Å²) >= 11 is 0. The Morgan fingerprint density at radius 2 is 2.06 bits per heavy atom. The number of rotatable bonds is 3. The van der Waals surface area contributed by atoms with Gasteiger partial charge in [0.1, 0.15) is 6.42 Å². The van der Waals surface area contributed by atoms with Gasteiger partial charge in [-0.3, -0.25) is 4.79 Å². The van der Waals surface area contributed by atoms with Crippen molar-refractivity contribution in [2.24, 2.45) is 0 Å². The minimum atomic E-state index is -0.314. The second kappa shape index (κ2) is 6.48. The highest BCUT2D eigenvalue weighted by Gasteiger charge is 1.98. The van der Waals surface area contributed by atoms with Crippen molar-refractivity contribution in [1.29, 1.82) is 0 Å². The van der Waals surface area contributed by atoms with E-state index in [0.29, 0.717) is 18.1 Å². The molecule has 5 nitrogen and oxygen atoms in total. The predicted molar refractivity (Wildman–Crippen MR) is 64.5 cm³/mol. The molecule has 5 heteroatoms. The highest BCUT2D eigenvalue weighted by Crippen LogP contribution is 2.01. The maximum atomic E-state index is 11.0. The first-order chi connectivity index (χ1) is 8.13. The van der Waals surface area contributed by atoms with E-state index in [1.807, 2.05) is 14.1 Å². The van der Waals surface area contributed by atoms with Gasteiger partial charge in [-0.05, 0) is 6.92 Å². The lowest BCUT2D eigenvalue weighted by molar-refractivity contribution is -0.141. The summed E-state index contributed by atoms with van der Waals surface area (Å²) in [5.74, 6) is 5.83. The SMILES string of the molecule is CCOC(=O)CC#Cc1cnc(N(C)C)nc1. The molecule has 0 saturated heterocycles. The Morgan fingerprint density at radius 1 is 1.41 bits per heavy atom. The third-order valence-corrected chi connectivity index (χ3v) is 1.81. The second-order valence-electron chi connectivity index (χ2n) is 3.45. The Balaban J connectivity index is 2.57. The van der Waals surface area contributed by atoms with Gasteiger partial charge >= 0.3 is 5.97 Å². The number of esters is 1. The number of nitrogens with zero attached hydrogens (tertiary/aromatic N) is 3. The van der Waals surface area contributed by atoms with E-state index in [2.05, 4.69) is 21.8 Å². The van der Waals surface area contributed by atoms with Crippen molar-refractivity contribution >= 4 is 11.9 Å². The highest BCUT2D eigenvalue weighted by atomic mass is 16.5. The molecule has 0 aliphatic rings. The van der Waals surface area contributed by atoms with Crippen LogP contribution in [0.5, 0.6) is 0 Å². The van der Waals surface area contributed by atoms with Crippen LogP contribution in [0.25, 0.3) is 0 Å². The molecule has 0 aliphatic carbocycles. The lowest BCUT2D eigenvalue weighted by Gasteiger charge is -2.07. The Hall–Kier alpha value is -2.09. The van der Waals surface area contributed by atoms with Gasteiger partial charge in [-0.15, -0.1) is 0 Å². The van der Waals surface area contributed by atoms with Crippen molar-refractivity contribution in [2.75, 3.05) is 25.6 Å². The molecule has 1 aromatic heterocycles. The quantitative estimate of drug-likeness (QED) is 0.572. The molecule has 0 unspecified atom stereocenters. The molecule has 0 spiro atoms. The average molecular weight is 233 g/mol. The number of aromatic nitrogens is 2. The van der Waals surface area contributed by atoms with Crippen LogP contribution in [0.3, 0.4) is 0 Å². The van der Waals surface area contributed by atoms with Gasteiger partial charge in [0.25, 0.3) is 0 Å². The third-order valence-electron chi connectivity index (χ3n) is 1.81. The molecule has 0 saturated carbocycles. The van der Waals surface area contributed by atoms with E-state index in [9.17, 15) is 4.79 Å². The van der Waals surface area contributed by atoms with Gasteiger partial charge in [-0.2, -0.15) is 0 Å². The van der Waals surface area contributed by atoms with E-state index >= 15 is 0 Å². The molecule has 0 bridgehead atoms. The standard InChI is InChI=1S/C12H15N3O2/c1-4-17-11(16)7-5-6-10-8-13-12(14-9-10)15(2)3/h8-9H,4,7H2,1-3H3. The van der Waals surface area contributed by atoms with Crippen molar-refractivity contribution in [3.8, 4) is 11.8 Å². The van der Waals surface area contributed by atoms with Crippen molar-refractivity contribution in [3.63, 3.8) is 0 Å². The molecule has 0 aliphatic heterocycles. The summed E-state index contributed by atoms with van der Waals surface area (Å²) in [5, 5.41) is 0. The van der Waals surface area contributed by atoms with E-state index in [1.54, 1.807) is 24.2 Å². The molecular weight excluding hydrogens is 218 g/mol. The molecule has 1 heterocycles. The van der Waals surface area contributed by atoms with Gasteiger partial charge in [0.2, 0.25) is 5.95 Å². The fourth-order valence-electron chi connectivity index (χ4n) is 1.05. The smallest absolute Gasteiger partial charge is 0.317 e. The zero-order valence-electron chi connectivity index (χ0n) is 10.2. The first-order valence-corrected chi connectivity index (χ1v) is 5.27. The van der Waals surface area contributed by atoms with Crippen LogP contribution < -0.4 is 4.90 Å². The van der Waals surface area contributed by atoms with Crippen LogP contribution in [-0.2, 0) is 9.53 Å². The number of ether oxygens (including phenoxy) is 1. The predicted octanol–water partition coefficient (Wildman–Crippen LogP) is 0.847. The highest BCUT2D eigenvalue weighted by molar-refractivity contribution is 5.72. The Bertz CT molecular complexity index is 429. The molecule has 0 amide bonds. The molecule has 90 valence electrons. The fourth-order valence-corrected chi connectivity index (χ4v) is 1.05. The normalized spacial score (nSPS) is 9.12. The maximum Gasteiger partial charge on any atom is 0.317 e. The van der Waals surface area contributed by atoms with Crippen LogP contribution in [0.2, 0.25) is 0 Å². The molecular formula is C12H15N3O2. The number of carbonyl (C=O) groups excluding carboxylic acids is 1. The largest absolute Gasteiger partial charge is 0.465 e. The summed E-state index contributed by atoms with van der Waals surface area (Å²) in [7, 11) is 3.73. The summed E-state index contributed by atoms with van der Waals surface area (Å²) in [6, 6.07) is 0. The summed E-state index contributed by atoms with van der Waals surface area (Å²) in [4.78, 5) is 21.0. The Morgan fingerprint density at radius 3 is 2.59 bits per heavy atom. The zero-order valence-corrected chi connectivity index (χ0v) is 10.2. The molecule has 0 atom stereocenters. The van der Waals surface area contributed by atoms with E-state index < -0.39 is 0 Å². The van der Waals surface area contributed by atoms with E-state index in [4.69, 9.17) is 4.74 Å². The van der Waals surface area contributed by atoms with Gasteiger partial charge < -0.3 is 9.64 Å². The molecule has 1 aromatic rings.